The number of aryl methyl sites for hydroxylation is 2. The fraction of sp³-hybridized carbons (Fsp3) is 0.533. The first-order valence-electron chi connectivity index (χ1n) is 7.06. The molecule has 5 heteroatoms. The molecule has 2 aromatic rings. The van der Waals surface area contributed by atoms with Crippen molar-refractivity contribution in [2.24, 2.45) is 7.05 Å². The summed E-state index contributed by atoms with van der Waals surface area (Å²) in [6.45, 7) is 3.23. The van der Waals surface area contributed by atoms with Crippen LogP contribution in [-0.2, 0) is 13.5 Å². The van der Waals surface area contributed by atoms with E-state index in [0.29, 0.717) is 6.04 Å². The van der Waals surface area contributed by atoms with Crippen molar-refractivity contribution in [3.63, 3.8) is 0 Å². The van der Waals surface area contributed by atoms with Crippen molar-refractivity contribution in [1.29, 1.82) is 0 Å². The third-order valence-electron chi connectivity index (χ3n) is 3.39. The maximum atomic E-state index is 5.29. The molecule has 0 saturated heterocycles. The van der Waals surface area contributed by atoms with Crippen LogP contribution in [-0.4, -0.2) is 23.2 Å². The summed E-state index contributed by atoms with van der Waals surface area (Å²) < 4.78 is 7.37. The zero-order valence-electron chi connectivity index (χ0n) is 12.4. The molecule has 2 heterocycles. The largest absolute Gasteiger partial charge is 0.496 e. The van der Waals surface area contributed by atoms with Gasteiger partial charge in [0, 0.05) is 42.2 Å². The highest BCUT2D eigenvalue weighted by atomic mass is 32.1. The van der Waals surface area contributed by atoms with Gasteiger partial charge in [0.15, 0.2) is 0 Å². The number of ether oxygens (including phenoxy) is 1. The van der Waals surface area contributed by atoms with E-state index in [9.17, 15) is 0 Å². The van der Waals surface area contributed by atoms with Crippen molar-refractivity contribution in [2.75, 3.05) is 13.7 Å². The Bertz CT molecular complexity index is 521. The van der Waals surface area contributed by atoms with Gasteiger partial charge in [-0.2, -0.15) is 0 Å². The van der Waals surface area contributed by atoms with E-state index in [2.05, 4.69) is 33.2 Å². The Kier molecular flexibility index (Phi) is 5.61. The highest BCUT2D eigenvalue weighted by molar-refractivity contribution is 7.10. The molecule has 0 aliphatic carbocycles. The summed E-state index contributed by atoms with van der Waals surface area (Å²) in [5.41, 5.74) is 0. The Morgan fingerprint density at radius 2 is 2.35 bits per heavy atom. The molecule has 0 aliphatic heterocycles. The molecule has 0 fully saturated rings. The lowest BCUT2D eigenvalue weighted by Crippen LogP contribution is -2.22. The summed E-state index contributed by atoms with van der Waals surface area (Å²) >= 11 is 1.76. The molecule has 0 saturated carbocycles. The van der Waals surface area contributed by atoms with E-state index in [4.69, 9.17) is 4.74 Å². The SMILES string of the molecule is CCCNC(CCc1nccn1C)c1cc(OC)cs1. The van der Waals surface area contributed by atoms with Crippen LogP contribution in [0.25, 0.3) is 0 Å². The number of hydrogen-bond acceptors (Lipinski definition) is 4. The molecule has 1 unspecified atom stereocenters. The summed E-state index contributed by atoms with van der Waals surface area (Å²) in [6, 6.07) is 2.51. The quantitative estimate of drug-likeness (QED) is 0.812. The monoisotopic (exact) mass is 293 g/mol. The van der Waals surface area contributed by atoms with Crippen LogP contribution in [0.15, 0.2) is 23.8 Å². The van der Waals surface area contributed by atoms with E-state index in [-0.39, 0.29) is 0 Å². The van der Waals surface area contributed by atoms with Crippen molar-refractivity contribution in [3.05, 3.63) is 34.5 Å². The zero-order chi connectivity index (χ0) is 14.4. The molecule has 2 aromatic heterocycles. The Labute approximate surface area is 124 Å². The van der Waals surface area contributed by atoms with E-state index in [1.54, 1.807) is 18.4 Å². The minimum atomic E-state index is 0.376. The molecule has 0 bridgehead atoms. The maximum absolute atomic E-state index is 5.29. The van der Waals surface area contributed by atoms with Crippen molar-refractivity contribution in [2.45, 2.75) is 32.2 Å². The van der Waals surface area contributed by atoms with Crippen molar-refractivity contribution in [1.82, 2.24) is 14.9 Å². The topological polar surface area (TPSA) is 39.1 Å². The molecule has 110 valence electrons. The van der Waals surface area contributed by atoms with Crippen LogP contribution >= 0.6 is 11.3 Å². The highest BCUT2D eigenvalue weighted by Crippen LogP contribution is 2.29. The normalized spacial score (nSPS) is 12.6. The standard InChI is InChI=1S/C15H23N3OS/c1-4-7-16-13(14-10-12(19-3)11-20-14)5-6-15-17-8-9-18(15)2/h8-11,13,16H,4-7H2,1-3H3. The average molecular weight is 293 g/mol. The van der Waals surface area contributed by atoms with Crippen molar-refractivity contribution >= 4 is 11.3 Å². The molecular formula is C15H23N3OS. The fourth-order valence-electron chi connectivity index (χ4n) is 2.20. The predicted octanol–water partition coefficient (Wildman–Crippen LogP) is 3.16. The van der Waals surface area contributed by atoms with Gasteiger partial charge < -0.3 is 14.6 Å². The second-order valence-electron chi connectivity index (χ2n) is 4.89. The molecule has 4 nitrogen and oxygen atoms in total. The molecule has 1 atom stereocenters. The van der Waals surface area contributed by atoms with Crippen LogP contribution in [0.3, 0.4) is 0 Å². The average Bonchev–Trinajstić information content (AvgIpc) is 3.08. The summed E-state index contributed by atoms with van der Waals surface area (Å²) in [5.74, 6) is 2.09. The molecule has 0 radical (unpaired) electrons. The zero-order valence-corrected chi connectivity index (χ0v) is 13.2. The maximum Gasteiger partial charge on any atom is 0.129 e. The Balaban J connectivity index is 2.01. The Morgan fingerprint density at radius 1 is 1.50 bits per heavy atom. The summed E-state index contributed by atoms with van der Waals surface area (Å²) in [4.78, 5) is 5.73. The minimum absolute atomic E-state index is 0.376. The van der Waals surface area contributed by atoms with Gasteiger partial charge in [0.05, 0.1) is 7.11 Å². The number of hydrogen-bond donors (Lipinski definition) is 1. The minimum Gasteiger partial charge on any atom is -0.496 e. The lowest BCUT2D eigenvalue weighted by molar-refractivity contribution is 0.415. The number of rotatable bonds is 8. The van der Waals surface area contributed by atoms with Crippen LogP contribution in [0.2, 0.25) is 0 Å². The van der Waals surface area contributed by atoms with Gasteiger partial charge in [0.1, 0.15) is 11.6 Å². The van der Waals surface area contributed by atoms with E-state index in [1.165, 1.54) is 4.88 Å². The van der Waals surface area contributed by atoms with Gasteiger partial charge in [0.2, 0.25) is 0 Å². The van der Waals surface area contributed by atoms with E-state index >= 15 is 0 Å². The number of thiophene rings is 1. The van der Waals surface area contributed by atoms with Gasteiger partial charge in [-0.15, -0.1) is 11.3 Å². The first-order valence-corrected chi connectivity index (χ1v) is 7.94. The molecule has 0 spiro atoms. The third-order valence-corrected chi connectivity index (χ3v) is 4.42. The lowest BCUT2D eigenvalue weighted by Gasteiger charge is -2.17. The van der Waals surface area contributed by atoms with Gasteiger partial charge >= 0.3 is 0 Å². The third kappa shape index (κ3) is 3.84. The molecule has 0 aromatic carbocycles. The van der Waals surface area contributed by atoms with Gasteiger partial charge in [-0.3, -0.25) is 0 Å². The van der Waals surface area contributed by atoms with Crippen LogP contribution < -0.4 is 10.1 Å². The van der Waals surface area contributed by atoms with Crippen molar-refractivity contribution in [3.8, 4) is 5.75 Å². The molecular weight excluding hydrogens is 270 g/mol. The molecule has 20 heavy (non-hydrogen) atoms. The number of methoxy groups -OCH3 is 1. The smallest absolute Gasteiger partial charge is 0.129 e. The van der Waals surface area contributed by atoms with E-state index < -0.39 is 0 Å². The molecule has 2 rings (SSSR count). The van der Waals surface area contributed by atoms with Crippen LogP contribution in [0, 0.1) is 0 Å². The van der Waals surface area contributed by atoms with Gasteiger partial charge in [0.25, 0.3) is 0 Å². The predicted molar refractivity (Wildman–Crippen MR) is 83.4 cm³/mol. The van der Waals surface area contributed by atoms with E-state index in [1.807, 2.05) is 19.4 Å². The number of nitrogens with one attached hydrogen (secondary N) is 1. The second-order valence-corrected chi connectivity index (χ2v) is 5.83. The van der Waals surface area contributed by atoms with Crippen LogP contribution in [0.4, 0.5) is 0 Å². The second kappa shape index (κ2) is 7.45. The molecule has 0 amide bonds. The highest BCUT2D eigenvalue weighted by Gasteiger charge is 2.14. The number of imidazole rings is 1. The lowest BCUT2D eigenvalue weighted by atomic mass is 10.1. The summed E-state index contributed by atoms with van der Waals surface area (Å²) in [6.07, 6.45) is 7.02. The van der Waals surface area contributed by atoms with E-state index in [0.717, 1.165) is 37.4 Å². The summed E-state index contributed by atoms with van der Waals surface area (Å²) in [5, 5.41) is 5.69. The van der Waals surface area contributed by atoms with Crippen LogP contribution in [0.1, 0.15) is 36.5 Å². The number of nitrogens with zero attached hydrogens (tertiary/aromatic N) is 2. The Hall–Kier alpha value is -1.33. The van der Waals surface area contributed by atoms with Gasteiger partial charge in [-0.25, -0.2) is 4.98 Å². The van der Waals surface area contributed by atoms with Gasteiger partial charge in [-0.1, -0.05) is 6.92 Å². The summed E-state index contributed by atoms with van der Waals surface area (Å²) in [7, 11) is 3.76. The Morgan fingerprint density at radius 3 is 2.95 bits per heavy atom. The first-order chi connectivity index (χ1) is 9.74. The van der Waals surface area contributed by atoms with Crippen molar-refractivity contribution < 1.29 is 4.74 Å². The van der Waals surface area contributed by atoms with Gasteiger partial charge in [-0.05, 0) is 25.5 Å². The molecule has 1 N–H and O–H groups in total. The fourth-order valence-corrected chi connectivity index (χ4v) is 3.16. The first kappa shape index (κ1) is 15.1. The molecule has 0 aliphatic rings. The van der Waals surface area contributed by atoms with Crippen LogP contribution in [0.5, 0.6) is 5.75 Å². The number of aromatic nitrogens is 2.